The first-order valence-electron chi connectivity index (χ1n) is 8.52. The molecule has 0 fully saturated rings. The number of ether oxygens (including phenoxy) is 1. The highest BCUT2D eigenvalue weighted by atomic mass is 16.5. The number of fused-ring (bicyclic) bond motifs is 1. The van der Waals surface area contributed by atoms with E-state index in [1.54, 1.807) is 0 Å². The van der Waals surface area contributed by atoms with Gasteiger partial charge in [0.1, 0.15) is 11.6 Å². The molecular formula is C20H23N3O2. The molecule has 1 amide bonds. The van der Waals surface area contributed by atoms with Gasteiger partial charge in [0, 0.05) is 13.0 Å². The molecule has 2 aromatic carbocycles. The topological polar surface area (TPSA) is 67.0 Å². The number of hydrogen-bond donors (Lipinski definition) is 2. The van der Waals surface area contributed by atoms with E-state index in [2.05, 4.69) is 15.3 Å². The number of nitrogens with zero attached hydrogens (tertiary/aromatic N) is 1. The maximum Gasteiger partial charge on any atom is 0.223 e. The van der Waals surface area contributed by atoms with Gasteiger partial charge in [0.15, 0.2) is 0 Å². The SMILES string of the molecule is Cc1ccc(C)c(OCCC(=O)NCCc2nc3ccccc3[nH]2)c1. The summed E-state index contributed by atoms with van der Waals surface area (Å²) < 4.78 is 5.71. The second kappa shape index (κ2) is 7.83. The van der Waals surface area contributed by atoms with Crippen LogP contribution in [-0.4, -0.2) is 29.0 Å². The lowest BCUT2D eigenvalue weighted by atomic mass is 10.1. The van der Waals surface area contributed by atoms with Gasteiger partial charge in [-0.05, 0) is 43.2 Å². The third-order valence-corrected chi connectivity index (χ3v) is 4.05. The number of H-pyrrole nitrogens is 1. The van der Waals surface area contributed by atoms with E-state index < -0.39 is 0 Å². The number of carbonyl (C=O) groups excluding carboxylic acids is 1. The highest BCUT2D eigenvalue weighted by Gasteiger charge is 2.06. The second-order valence-electron chi connectivity index (χ2n) is 6.17. The zero-order valence-corrected chi connectivity index (χ0v) is 14.6. The van der Waals surface area contributed by atoms with Crippen LogP contribution in [-0.2, 0) is 11.2 Å². The summed E-state index contributed by atoms with van der Waals surface area (Å²) >= 11 is 0. The fraction of sp³-hybridized carbons (Fsp3) is 0.300. The Balaban J connectivity index is 1.40. The minimum Gasteiger partial charge on any atom is -0.493 e. The fourth-order valence-electron chi connectivity index (χ4n) is 2.65. The first-order chi connectivity index (χ1) is 12.1. The third kappa shape index (κ3) is 4.59. The zero-order valence-electron chi connectivity index (χ0n) is 14.6. The van der Waals surface area contributed by atoms with Gasteiger partial charge in [-0.1, -0.05) is 24.3 Å². The smallest absolute Gasteiger partial charge is 0.223 e. The molecule has 0 aliphatic rings. The fourth-order valence-corrected chi connectivity index (χ4v) is 2.65. The van der Waals surface area contributed by atoms with Crippen molar-refractivity contribution in [2.45, 2.75) is 26.7 Å². The molecule has 5 nitrogen and oxygen atoms in total. The molecule has 3 rings (SSSR count). The van der Waals surface area contributed by atoms with E-state index in [4.69, 9.17) is 4.74 Å². The molecule has 0 unspecified atom stereocenters. The Morgan fingerprint density at radius 2 is 2.04 bits per heavy atom. The largest absolute Gasteiger partial charge is 0.493 e. The zero-order chi connectivity index (χ0) is 17.6. The maximum atomic E-state index is 11.9. The van der Waals surface area contributed by atoms with Crippen LogP contribution in [0.2, 0.25) is 0 Å². The monoisotopic (exact) mass is 337 g/mol. The average Bonchev–Trinajstić information content (AvgIpc) is 3.00. The Morgan fingerprint density at radius 3 is 2.88 bits per heavy atom. The van der Waals surface area contributed by atoms with Crippen molar-refractivity contribution in [2.75, 3.05) is 13.2 Å². The number of carbonyl (C=O) groups is 1. The van der Waals surface area contributed by atoms with Crippen LogP contribution in [0.1, 0.15) is 23.4 Å². The molecule has 1 heterocycles. The number of imidazole rings is 1. The molecule has 1 aromatic heterocycles. The summed E-state index contributed by atoms with van der Waals surface area (Å²) in [6, 6.07) is 14.0. The summed E-state index contributed by atoms with van der Waals surface area (Å²) in [5.74, 6) is 1.71. The van der Waals surface area contributed by atoms with Crippen molar-refractivity contribution in [2.24, 2.45) is 0 Å². The summed E-state index contributed by atoms with van der Waals surface area (Å²) in [7, 11) is 0. The van der Waals surface area contributed by atoms with E-state index in [9.17, 15) is 4.79 Å². The number of hydrogen-bond acceptors (Lipinski definition) is 3. The molecule has 5 heteroatoms. The molecule has 0 radical (unpaired) electrons. The van der Waals surface area contributed by atoms with Crippen LogP contribution in [0.15, 0.2) is 42.5 Å². The number of amides is 1. The van der Waals surface area contributed by atoms with Crippen molar-refractivity contribution in [3.8, 4) is 5.75 Å². The molecular weight excluding hydrogens is 314 g/mol. The van der Waals surface area contributed by atoms with Crippen LogP contribution in [0.4, 0.5) is 0 Å². The van der Waals surface area contributed by atoms with Crippen LogP contribution in [0.25, 0.3) is 11.0 Å². The lowest BCUT2D eigenvalue weighted by Crippen LogP contribution is -2.27. The highest BCUT2D eigenvalue weighted by molar-refractivity contribution is 5.76. The van der Waals surface area contributed by atoms with Crippen molar-refractivity contribution in [1.82, 2.24) is 15.3 Å². The van der Waals surface area contributed by atoms with Gasteiger partial charge in [-0.2, -0.15) is 0 Å². The minimum absolute atomic E-state index is 0.0126. The standard InChI is InChI=1S/C20H23N3O2/c1-14-7-8-15(2)18(13-14)25-12-10-20(24)21-11-9-19-22-16-5-3-4-6-17(16)23-19/h3-8,13H,9-12H2,1-2H3,(H,21,24)(H,22,23). The Hall–Kier alpha value is -2.82. The molecule has 0 saturated carbocycles. The number of aromatic nitrogens is 2. The van der Waals surface area contributed by atoms with Crippen molar-refractivity contribution in [3.63, 3.8) is 0 Å². The van der Waals surface area contributed by atoms with Crippen molar-refractivity contribution < 1.29 is 9.53 Å². The molecule has 3 aromatic rings. The Bertz CT molecular complexity index is 837. The lowest BCUT2D eigenvalue weighted by molar-refractivity contribution is -0.121. The van der Waals surface area contributed by atoms with Gasteiger partial charge in [0.25, 0.3) is 0 Å². The van der Waals surface area contributed by atoms with Crippen molar-refractivity contribution in [3.05, 3.63) is 59.4 Å². The van der Waals surface area contributed by atoms with Gasteiger partial charge in [-0.15, -0.1) is 0 Å². The predicted molar refractivity (Wildman–Crippen MR) is 98.8 cm³/mol. The summed E-state index contributed by atoms with van der Waals surface area (Å²) in [6.45, 7) is 4.96. The quantitative estimate of drug-likeness (QED) is 0.695. The van der Waals surface area contributed by atoms with Gasteiger partial charge in [0.05, 0.1) is 24.1 Å². The van der Waals surface area contributed by atoms with E-state index in [0.717, 1.165) is 33.7 Å². The summed E-state index contributed by atoms with van der Waals surface area (Å²) in [5, 5.41) is 2.91. The molecule has 0 bridgehead atoms. The van der Waals surface area contributed by atoms with Crippen molar-refractivity contribution in [1.29, 1.82) is 0 Å². The number of benzene rings is 2. The molecule has 0 aliphatic heterocycles. The first kappa shape index (κ1) is 17.0. The first-order valence-corrected chi connectivity index (χ1v) is 8.52. The van der Waals surface area contributed by atoms with Crippen LogP contribution in [0.5, 0.6) is 5.75 Å². The van der Waals surface area contributed by atoms with Crippen LogP contribution < -0.4 is 10.1 Å². The van der Waals surface area contributed by atoms with Gasteiger partial charge in [0.2, 0.25) is 5.91 Å². The molecule has 130 valence electrons. The van der Waals surface area contributed by atoms with E-state index in [0.29, 0.717) is 26.0 Å². The lowest BCUT2D eigenvalue weighted by Gasteiger charge is -2.10. The van der Waals surface area contributed by atoms with Gasteiger partial charge in [-0.3, -0.25) is 4.79 Å². The van der Waals surface area contributed by atoms with Crippen LogP contribution in [0.3, 0.4) is 0 Å². The number of aromatic amines is 1. The number of aryl methyl sites for hydroxylation is 2. The molecule has 25 heavy (non-hydrogen) atoms. The van der Waals surface area contributed by atoms with E-state index in [1.807, 2.05) is 56.3 Å². The number of para-hydroxylation sites is 2. The normalized spacial score (nSPS) is 10.8. The minimum atomic E-state index is -0.0126. The number of rotatable bonds is 7. The Kier molecular flexibility index (Phi) is 5.33. The summed E-state index contributed by atoms with van der Waals surface area (Å²) in [5.41, 5.74) is 4.20. The van der Waals surface area contributed by atoms with E-state index in [1.165, 1.54) is 0 Å². The molecule has 2 N–H and O–H groups in total. The maximum absolute atomic E-state index is 11.9. The Labute approximate surface area is 147 Å². The third-order valence-electron chi connectivity index (χ3n) is 4.05. The number of nitrogens with one attached hydrogen (secondary N) is 2. The highest BCUT2D eigenvalue weighted by Crippen LogP contribution is 2.19. The van der Waals surface area contributed by atoms with Crippen LogP contribution in [0, 0.1) is 13.8 Å². The molecule has 0 spiro atoms. The van der Waals surface area contributed by atoms with Gasteiger partial charge in [-0.25, -0.2) is 4.98 Å². The van der Waals surface area contributed by atoms with Gasteiger partial charge < -0.3 is 15.0 Å². The molecule has 0 saturated heterocycles. The Morgan fingerprint density at radius 1 is 1.20 bits per heavy atom. The van der Waals surface area contributed by atoms with Crippen molar-refractivity contribution >= 4 is 16.9 Å². The molecule has 0 atom stereocenters. The molecule has 0 aliphatic carbocycles. The van der Waals surface area contributed by atoms with Crippen LogP contribution >= 0.6 is 0 Å². The average molecular weight is 337 g/mol. The predicted octanol–water partition coefficient (Wildman–Crippen LogP) is 3.31. The van der Waals surface area contributed by atoms with E-state index in [-0.39, 0.29) is 5.91 Å². The van der Waals surface area contributed by atoms with E-state index >= 15 is 0 Å². The van der Waals surface area contributed by atoms with Gasteiger partial charge >= 0.3 is 0 Å². The summed E-state index contributed by atoms with van der Waals surface area (Å²) in [6.07, 6.45) is 1.02. The second-order valence-corrected chi connectivity index (χ2v) is 6.17. The summed E-state index contributed by atoms with van der Waals surface area (Å²) in [4.78, 5) is 19.7.